The minimum Gasteiger partial charge on any atom is -0.490 e. The summed E-state index contributed by atoms with van der Waals surface area (Å²) in [4.78, 5) is 13.8. The van der Waals surface area contributed by atoms with E-state index >= 15 is 0 Å². The summed E-state index contributed by atoms with van der Waals surface area (Å²) in [5, 5.41) is 6.77. The average molecular weight is 516 g/mol. The molecule has 0 bridgehead atoms. The van der Waals surface area contributed by atoms with E-state index in [0.717, 1.165) is 47.4 Å². The van der Waals surface area contributed by atoms with Crippen molar-refractivity contribution in [2.75, 3.05) is 5.32 Å². The van der Waals surface area contributed by atoms with Crippen LogP contribution in [0.25, 0.3) is 16.3 Å². The van der Waals surface area contributed by atoms with Crippen molar-refractivity contribution in [1.29, 1.82) is 0 Å². The van der Waals surface area contributed by atoms with Crippen LogP contribution in [-0.4, -0.2) is 11.9 Å². The molecular formula is C33H38ClNO2. The van der Waals surface area contributed by atoms with Crippen molar-refractivity contribution in [3.8, 4) is 5.75 Å². The predicted octanol–water partition coefficient (Wildman–Crippen LogP) is 9.54. The Morgan fingerprint density at radius 1 is 1.05 bits per heavy atom. The molecular weight excluding hydrogens is 478 g/mol. The zero-order chi connectivity index (χ0) is 26.2. The summed E-state index contributed by atoms with van der Waals surface area (Å²) in [5.74, 6) is 1.01. The Morgan fingerprint density at radius 3 is 2.68 bits per heavy atom. The summed E-state index contributed by atoms with van der Waals surface area (Å²) in [6.07, 6.45) is 7.36. The van der Waals surface area contributed by atoms with E-state index in [2.05, 4.69) is 69.4 Å². The van der Waals surface area contributed by atoms with Crippen molar-refractivity contribution in [2.45, 2.75) is 84.8 Å². The highest BCUT2D eigenvalue weighted by Crippen LogP contribution is 2.53. The smallest absolute Gasteiger partial charge is 0.162 e. The molecule has 194 valence electrons. The number of halogens is 1. The van der Waals surface area contributed by atoms with Gasteiger partial charge in [-0.1, -0.05) is 82.0 Å². The average Bonchev–Trinajstić information content (AvgIpc) is 2.86. The SMILES string of the molecule is CCCCCC[C@H](C)Oc1ccc(Cl)cc1[C@H]1Nc2ccc3ccccc3c2C2=C1C(=O)CC(C)(C)C2. The Kier molecular flexibility index (Phi) is 7.36. The second kappa shape index (κ2) is 10.5. The Balaban J connectivity index is 1.60. The van der Waals surface area contributed by atoms with Crippen LogP contribution in [0, 0.1) is 5.41 Å². The summed E-state index contributed by atoms with van der Waals surface area (Å²) >= 11 is 6.54. The molecule has 3 aromatic carbocycles. The zero-order valence-electron chi connectivity index (χ0n) is 22.5. The number of Topliss-reactive ketones (excluding diaryl/α,β-unsaturated/α-hetero) is 1. The normalized spacial score (nSPS) is 19.3. The van der Waals surface area contributed by atoms with Crippen LogP contribution in [-0.2, 0) is 4.79 Å². The van der Waals surface area contributed by atoms with Gasteiger partial charge in [-0.15, -0.1) is 0 Å². The first-order valence-corrected chi connectivity index (χ1v) is 14.2. The summed E-state index contributed by atoms with van der Waals surface area (Å²) in [6.45, 7) is 8.77. The molecule has 0 saturated carbocycles. The van der Waals surface area contributed by atoms with Gasteiger partial charge in [0.25, 0.3) is 0 Å². The lowest BCUT2D eigenvalue weighted by Gasteiger charge is -2.40. The van der Waals surface area contributed by atoms with Crippen LogP contribution in [0.3, 0.4) is 0 Å². The van der Waals surface area contributed by atoms with Crippen molar-refractivity contribution in [3.05, 3.63) is 76.3 Å². The summed E-state index contributed by atoms with van der Waals surface area (Å²) < 4.78 is 6.52. The molecule has 1 aliphatic carbocycles. The van der Waals surface area contributed by atoms with Gasteiger partial charge in [-0.2, -0.15) is 0 Å². The molecule has 1 heterocycles. The van der Waals surface area contributed by atoms with Crippen LogP contribution in [0.15, 0.2) is 60.2 Å². The van der Waals surface area contributed by atoms with Crippen LogP contribution in [0.5, 0.6) is 5.75 Å². The lowest BCUT2D eigenvalue weighted by atomic mass is 9.68. The highest BCUT2D eigenvalue weighted by molar-refractivity contribution is 6.30. The third-order valence-corrected chi connectivity index (χ3v) is 8.05. The molecule has 3 aromatic rings. The molecule has 4 heteroatoms. The summed E-state index contributed by atoms with van der Waals surface area (Å²) in [5.41, 5.74) is 5.10. The van der Waals surface area contributed by atoms with E-state index in [0.29, 0.717) is 11.4 Å². The topological polar surface area (TPSA) is 38.3 Å². The van der Waals surface area contributed by atoms with Gasteiger partial charge in [0.1, 0.15) is 5.75 Å². The van der Waals surface area contributed by atoms with Gasteiger partial charge in [0.15, 0.2) is 5.78 Å². The molecule has 0 amide bonds. The fraction of sp³-hybridized carbons (Fsp3) is 0.424. The molecule has 5 rings (SSSR count). The molecule has 0 fully saturated rings. The van der Waals surface area contributed by atoms with Crippen LogP contribution in [0.2, 0.25) is 5.02 Å². The molecule has 0 radical (unpaired) electrons. The number of rotatable bonds is 8. The number of ketones is 1. The number of anilines is 1. The summed E-state index contributed by atoms with van der Waals surface area (Å²) in [7, 11) is 0. The maximum absolute atomic E-state index is 13.8. The van der Waals surface area contributed by atoms with E-state index in [1.165, 1.54) is 35.6 Å². The second-order valence-corrected chi connectivity index (χ2v) is 12.0. The molecule has 0 spiro atoms. The van der Waals surface area contributed by atoms with Crippen LogP contribution >= 0.6 is 11.6 Å². The van der Waals surface area contributed by atoms with Gasteiger partial charge in [-0.25, -0.2) is 0 Å². The largest absolute Gasteiger partial charge is 0.490 e. The number of allylic oxidation sites excluding steroid dienone is 1. The monoisotopic (exact) mass is 515 g/mol. The van der Waals surface area contributed by atoms with E-state index in [1.54, 1.807) is 0 Å². The lowest BCUT2D eigenvalue weighted by Crippen LogP contribution is -2.33. The minimum atomic E-state index is -0.298. The van der Waals surface area contributed by atoms with E-state index in [-0.39, 0.29) is 23.3 Å². The molecule has 2 atom stereocenters. The number of carbonyl (C=O) groups excluding carboxylic acids is 1. The first kappa shape index (κ1) is 25.9. The number of fused-ring (bicyclic) bond motifs is 4. The fourth-order valence-corrected chi connectivity index (χ4v) is 6.24. The van der Waals surface area contributed by atoms with Gasteiger partial charge < -0.3 is 10.1 Å². The van der Waals surface area contributed by atoms with Gasteiger partial charge in [0, 0.05) is 33.8 Å². The Bertz CT molecular complexity index is 1360. The number of unbranched alkanes of at least 4 members (excludes halogenated alkanes) is 3. The highest BCUT2D eigenvalue weighted by Gasteiger charge is 2.41. The number of carbonyl (C=O) groups is 1. The van der Waals surface area contributed by atoms with Crippen LogP contribution in [0.1, 0.15) is 89.8 Å². The lowest BCUT2D eigenvalue weighted by molar-refractivity contribution is -0.118. The molecule has 0 unspecified atom stereocenters. The minimum absolute atomic E-state index is 0.0889. The predicted molar refractivity (Wildman–Crippen MR) is 156 cm³/mol. The molecule has 0 aromatic heterocycles. The third kappa shape index (κ3) is 5.29. The first-order valence-electron chi connectivity index (χ1n) is 13.8. The van der Waals surface area contributed by atoms with Gasteiger partial charge >= 0.3 is 0 Å². The number of hydrogen-bond acceptors (Lipinski definition) is 3. The van der Waals surface area contributed by atoms with Crippen molar-refractivity contribution in [3.63, 3.8) is 0 Å². The van der Waals surface area contributed by atoms with Crippen LogP contribution < -0.4 is 10.1 Å². The maximum atomic E-state index is 13.8. The molecule has 0 saturated heterocycles. The van der Waals surface area contributed by atoms with E-state index in [4.69, 9.17) is 16.3 Å². The van der Waals surface area contributed by atoms with Crippen molar-refractivity contribution in [1.82, 2.24) is 0 Å². The van der Waals surface area contributed by atoms with Gasteiger partial charge in [-0.05, 0) is 72.2 Å². The van der Waals surface area contributed by atoms with Crippen LogP contribution in [0.4, 0.5) is 5.69 Å². The standard InChI is InChI=1S/C33H38ClNO2/c1-5-6-7-8-11-21(2)37-29-17-15-23(34)18-25(29)32-31-26(19-33(3,4)20-28(31)36)30-24-13-10-9-12-22(24)14-16-27(30)35-32/h9-10,12-18,21,32,35H,5-8,11,19-20H2,1-4H3/t21-,32+/m0/s1. The Labute approximate surface area is 226 Å². The molecule has 3 nitrogen and oxygen atoms in total. The number of ether oxygens (including phenoxy) is 1. The van der Waals surface area contributed by atoms with Gasteiger partial charge in [-0.3, -0.25) is 4.79 Å². The molecule has 2 aliphatic rings. The number of hydrogen-bond donors (Lipinski definition) is 1. The zero-order valence-corrected chi connectivity index (χ0v) is 23.3. The Morgan fingerprint density at radius 2 is 1.86 bits per heavy atom. The van der Waals surface area contributed by atoms with Gasteiger partial charge in [0.05, 0.1) is 12.1 Å². The van der Waals surface area contributed by atoms with Gasteiger partial charge in [0.2, 0.25) is 0 Å². The number of benzene rings is 3. The summed E-state index contributed by atoms with van der Waals surface area (Å²) in [6, 6.07) is 18.3. The highest BCUT2D eigenvalue weighted by atomic mass is 35.5. The quantitative estimate of drug-likeness (QED) is 0.303. The molecule has 1 N–H and O–H groups in total. The number of nitrogens with one attached hydrogen (secondary N) is 1. The first-order chi connectivity index (χ1) is 17.8. The Hall–Kier alpha value is -2.78. The van der Waals surface area contributed by atoms with Crippen molar-refractivity contribution < 1.29 is 9.53 Å². The molecule has 1 aliphatic heterocycles. The fourth-order valence-electron chi connectivity index (χ4n) is 6.06. The van der Waals surface area contributed by atoms with E-state index in [9.17, 15) is 4.79 Å². The third-order valence-electron chi connectivity index (χ3n) is 7.81. The van der Waals surface area contributed by atoms with Crippen molar-refractivity contribution >= 4 is 39.4 Å². The van der Waals surface area contributed by atoms with Crippen molar-refractivity contribution in [2.24, 2.45) is 5.41 Å². The van der Waals surface area contributed by atoms with E-state index < -0.39 is 0 Å². The van der Waals surface area contributed by atoms with E-state index in [1.807, 2.05) is 18.2 Å². The second-order valence-electron chi connectivity index (χ2n) is 11.6. The molecule has 37 heavy (non-hydrogen) atoms. The maximum Gasteiger partial charge on any atom is 0.162 e.